The van der Waals surface area contributed by atoms with E-state index >= 15 is 0 Å². The van der Waals surface area contributed by atoms with E-state index in [1.54, 1.807) is 42.5 Å². The molecule has 15 heteroatoms. The number of ketones is 1. The zero-order valence-corrected chi connectivity index (χ0v) is 24.4. The van der Waals surface area contributed by atoms with Crippen molar-refractivity contribution in [3.63, 3.8) is 0 Å². The zero-order chi connectivity index (χ0) is 28.9. The molecule has 2 aromatic carbocycles. The minimum absolute atomic E-state index is 0. The van der Waals surface area contributed by atoms with Crippen molar-refractivity contribution >= 4 is 96.9 Å². The average Bonchev–Trinajstić information content (AvgIpc) is 3.32. The van der Waals surface area contributed by atoms with Crippen LogP contribution in [0.15, 0.2) is 86.5 Å². The van der Waals surface area contributed by atoms with E-state index in [0.29, 0.717) is 18.0 Å². The van der Waals surface area contributed by atoms with Crippen molar-refractivity contribution in [2.45, 2.75) is 16.2 Å². The molecule has 0 spiro atoms. The van der Waals surface area contributed by atoms with Crippen molar-refractivity contribution in [3.05, 3.63) is 82.3 Å². The van der Waals surface area contributed by atoms with E-state index in [9.17, 15) is 27.1 Å². The molecule has 0 saturated heterocycles. The van der Waals surface area contributed by atoms with Gasteiger partial charge in [0.1, 0.15) is 4.91 Å². The van der Waals surface area contributed by atoms with Crippen molar-refractivity contribution in [1.29, 1.82) is 0 Å². The Morgan fingerprint density at radius 2 is 1.85 bits per heavy atom. The number of aliphatic hydroxyl groups excluding tert-OH is 1. The summed E-state index contributed by atoms with van der Waals surface area (Å²) >= 11 is 2.71. The van der Waals surface area contributed by atoms with Crippen LogP contribution in [0, 0.1) is 0 Å². The van der Waals surface area contributed by atoms with Crippen molar-refractivity contribution in [3.8, 4) is 0 Å². The summed E-state index contributed by atoms with van der Waals surface area (Å²) in [7, 11) is -7.53. The number of benzene rings is 2. The molecule has 0 saturated carbocycles. The van der Waals surface area contributed by atoms with Gasteiger partial charge in [0.25, 0.3) is 10.1 Å². The number of nitrogens with one attached hydrogen (secondary N) is 1. The summed E-state index contributed by atoms with van der Waals surface area (Å²) in [5.41, 5.74) is 1.65. The number of hydrogen-bond donors (Lipinski definition) is 5. The van der Waals surface area contributed by atoms with Crippen LogP contribution in [-0.4, -0.2) is 98.8 Å². The summed E-state index contributed by atoms with van der Waals surface area (Å²) < 4.78 is 52.9. The molecule has 0 bridgehead atoms. The Labute approximate surface area is 270 Å². The first-order chi connectivity index (χ1) is 19.0. The first-order valence-electron chi connectivity index (χ1n) is 12.0. The molecule has 10 nitrogen and oxygen atoms in total. The van der Waals surface area contributed by atoms with E-state index < -0.39 is 32.2 Å². The number of aliphatic hydroxyl groups is 1. The number of carbonyl (C=O) groups is 2. The van der Waals surface area contributed by atoms with Gasteiger partial charge in [-0.3, -0.25) is 23.2 Å². The summed E-state index contributed by atoms with van der Waals surface area (Å²) in [4.78, 5) is 27.7. The molecule has 41 heavy (non-hydrogen) atoms. The Morgan fingerprint density at radius 3 is 2.56 bits per heavy atom. The maximum absolute atomic E-state index is 12.7. The standard InChI is InChI=1S/C26H28N2O8S4.Na.H/c29-13-14-37-17-24(30)27-18-10-11-20-21(16-18)38-25(28(20)12-5-15-39(32,33)34)9-4-3-8-23-26(31)19-6-1-2-7-22(19)40(23,35)36;;/h1-4,6-11,16,29,35-36H,5,12-15,17H2,(H,27,30)(H,32,33,34);;. The molecular weight excluding hydrogens is 620 g/mol. The molecule has 2 aliphatic heterocycles. The van der Waals surface area contributed by atoms with E-state index in [2.05, 4.69) is 5.32 Å². The molecule has 1 amide bonds. The fourth-order valence-electron chi connectivity index (χ4n) is 4.10. The number of Topliss-reactive ketones (excluding diaryl/α,β-unsaturated/α-hetero) is 1. The topological polar surface area (TPSA) is 164 Å². The number of allylic oxidation sites excluding steroid dienone is 5. The van der Waals surface area contributed by atoms with Gasteiger partial charge in [-0.1, -0.05) is 36.0 Å². The van der Waals surface area contributed by atoms with Crippen LogP contribution < -0.4 is 10.2 Å². The van der Waals surface area contributed by atoms with Gasteiger partial charge in [0.15, 0.2) is 0 Å². The number of hydrogen-bond acceptors (Lipinski definition) is 10. The first kappa shape index (κ1) is 33.9. The minimum atomic E-state index is -4.13. The monoisotopic (exact) mass is 648 g/mol. The molecule has 0 aromatic heterocycles. The van der Waals surface area contributed by atoms with Crippen molar-refractivity contribution < 1.29 is 36.8 Å². The Bertz CT molecular complexity index is 1510. The quantitative estimate of drug-likeness (QED) is 0.103. The fraction of sp³-hybridized carbons (Fsp3) is 0.231. The van der Waals surface area contributed by atoms with E-state index in [1.807, 2.05) is 11.0 Å². The van der Waals surface area contributed by atoms with Crippen LogP contribution in [0.3, 0.4) is 0 Å². The van der Waals surface area contributed by atoms with Gasteiger partial charge in [-0.15, -0.1) is 22.4 Å². The van der Waals surface area contributed by atoms with E-state index in [4.69, 9.17) is 9.66 Å². The third-order valence-electron chi connectivity index (χ3n) is 5.83. The predicted molar refractivity (Wildman–Crippen MR) is 168 cm³/mol. The van der Waals surface area contributed by atoms with Crippen LogP contribution in [0.1, 0.15) is 16.8 Å². The van der Waals surface area contributed by atoms with Gasteiger partial charge in [-0.2, -0.15) is 8.42 Å². The SMILES string of the molecule is O=C(CSCCO)Nc1ccc2c(c1)SC(=CC=CC=C1C(=O)c3ccccc3S1(O)O)N2CCCS(=O)(=O)O.[NaH]. The third-order valence-corrected chi connectivity index (χ3v) is 10.6. The first-order valence-corrected chi connectivity index (χ1v) is 17.2. The van der Waals surface area contributed by atoms with Crippen molar-refractivity contribution in [1.82, 2.24) is 0 Å². The fourth-order valence-corrected chi connectivity index (χ4v) is 7.88. The number of carbonyl (C=O) groups excluding carboxylic acids is 2. The Kier molecular flexibility index (Phi) is 12.2. The molecule has 0 atom stereocenters. The van der Waals surface area contributed by atoms with Gasteiger partial charge in [0.05, 0.1) is 33.7 Å². The normalized spacial score (nSPS) is 18.4. The molecule has 0 fully saturated rings. The molecule has 216 valence electrons. The van der Waals surface area contributed by atoms with Crippen LogP contribution >= 0.6 is 34.1 Å². The molecule has 0 unspecified atom stereocenters. The van der Waals surface area contributed by atoms with E-state index in [-0.39, 0.29) is 69.6 Å². The van der Waals surface area contributed by atoms with Gasteiger partial charge in [0.2, 0.25) is 11.7 Å². The average molecular weight is 649 g/mol. The second-order valence-corrected chi connectivity index (χ2v) is 14.4. The van der Waals surface area contributed by atoms with Gasteiger partial charge < -0.3 is 15.3 Å². The second kappa shape index (κ2) is 14.8. The summed E-state index contributed by atoms with van der Waals surface area (Å²) in [6.45, 7) is 0.284. The van der Waals surface area contributed by atoms with Crippen LogP contribution in [0.25, 0.3) is 0 Å². The number of thioether (sulfide) groups is 2. The summed E-state index contributed by atoms with van der Waals surface area (Å²) in [5, 5.41) is 12.4. The summed E-state index contributed by atoms with van der Waals surface area (Å²) in [5.74, 6) is -0.376. The Hall–Kier alpha value is -1.56. The van der Waals surface area contributed by atoms with Crippen LogP contribution in [0.2, 0.25) is 0 Å². The molecule has 2 heterocycles. The van der Waals surface area contributed by atoms with Crippen LogP contribution in [0.5, 0.6) is 0 Å². The molecule has 5 N–H and O–H groups in total. The number of nitrogens with zero attached hydrogens (tertiary/aromatic N) is 1. The van der Waals surface area contributed by atoms with Crippen LogP contribution in [0.4, 0.5) is 11.4 Å². The van der Waals surface area contributed by atoms with Crippen molar-refractivity contribution in [2.24, 2.45) is 0 Å². The van der Waals surface area contributed by atoms with E-state index in [1.165, 1.54) is 41.7 Å². The zero-order valence-electron chi connectivity index (χ0n) is 21.1. The van der Waals surface area contributed by atoms with Gasteiger partial charge in [0, 0.05) is 28.4 Å². The van der Waals surface area contributed by atoms with E-state index in [0.717, 1.165) is 15.6 Å². The van der Waals surface area contributed by atoms with Crippen molar-refractivity contribution in [2.75, 3.05) is 40.6 Å². The molecular formula is C26H29N2NaO8S4. The predicted octanol–water partition coefficient (Wildman–Crippen LogP) is 4.18. The Morgan fingerprint density at radius 1 is 1.12 bits per heavy atom. The number of amides is 1. The summed E-state index contributed by atoms with van der Waals surface area (Å²) in [6, 6.07) is 11.7. The number of fused-ring (bicyclic) bond motifs is 2. The number of anilines is 2. The van der Waals surface area contributed by atoms with Crippen LogP contribution in [-0.2, 0) is 14.9 Å². The third kappa shape index (κ3) is 8.51. The summed E-state index contributed by atoms with van der Waals surface area (Å²) in [6.07, 6.45) is 6.47. The molecule has 2 aliphatic rings. The van der Waals surface area contributed by atoms with Gasteiger partial charge >= 0.3 is 29.6 Å². The van der Waals surface area contributed by atoms with Gasteiger partial charge in [-0.25, -0.2) is 0 Å². The Balaban J connectivity index is 0.00000462. The molecule has 2 aromatic rings. The molecule has 0 radical (unpaired) electrons. The molecule has 4 rings (SSSR count). The second-order valence-electron chi connectivity index (χ2n) is 8.70. The van der Waals surface area contributed by atoms with Gasteiger partial charge in [-0.05, 0) is 48.9 Å². The maximum atomic E-state index is 12.7. The molecule has 0 aliphatic carbocycles. The number of rotatable bonds is 11.